The van der Waals surface area contributed by atoms with E-state index in [1.54, 1.807) is 42.8 Å². The molecule has 3 atom stereocenters. The minimum Gasteiger partial charge on any atom is -0.445 e. The lowest BCUT2D eigenvalue weighted by Crippen LogP contribution is -2.54. The number of carbonyl (C=O) groups is 7. The standard InChI is InChI=1S/C52H67F2N11O8/c1-33(2)44(61-41(66)17-10-7-11-29-64-42(67)24-25-43(64)68)49(70)60-40(16-12-26-57-50(55)71)48(69)59-37-21-18-35(19-22-37)32-73-51(72)58-28-13-27-56-45(52(3,4)5)47-62-46(38-30-36(53)20-23-39(38)54)63-65(47)31-34-14-8-6-9-15-34/h6,8-9,14-15,18-25,30,33,40,44-45,56H,7,10-13,16-17,26-29,31-32H2,1-5H3,(H,58,72)(H,59,69)(H,60,70)(H,61,66)(H3,55,57,71)/t40-,44-,45-/m0/s1. The van der Waals surface area contributed by atoms with Crippen LogP contribution in [0.25, 0.3) is 11.4 Å². The fourth-order valence-electron chi connectivity index (χ4n) is 7.86. The lowest BCUT2D eigenvalue weighted by molar-refractivity contribution is -0.137. The van der Waals surface area contributed by atoms with Crippen molar-refractivity contribution in [2.24, 2.45) is 17.1 Å². The van der Waals surface area contributed by atoms with Gasteiger partial charge in [-0.05, 0) is 91.4 Å². The second-order valence-corrected chi connectivity index (χ2v) is 19.1. The Morgan fingerprint density at radius 3 is 2.15 bits per heavy atom. The summed E-state index contributed by atoms with van der Waals surface area (Å²) in [5, 5.41) is 21.7. The van der Waals surface area contributed by atoms with Crippen LogP contribution in [-0.4, -0.2) is 99.6 Å². The fourth-order valence-corrected chi connectivity index (χ4v) is 7.86. The number of urea groups is 1. The predicted octanol–water partition coefficient (Wildman–Crippen LogP) is 5.76. The molecule has 3 aromatic carbocycles. The average molecular weight is 1010 g/mol. The SMILES string of the molecule is CC(C)[C@H](NC(=O)CCCCCN1C(=O)C=CC1=O)C(=O)N[C@@H](CCCNC(N)=O)C(=O)Nc1ccc(COC(=O)NCCCN[C@@H](c2nc(-c3cc(F)ccc3F)nn2Cc2ccccc2)C(C)(C)C)cc1. The van der Waals surface area contributed by atoms with Gasteiger partial charge in [0, 0.05) is 43.9 Å². The molecule has 21 heteroatoms. The van der Waals surface area contributed by atoms with Gasteiger partial charge in [-0.2, -0.15) is 5.10 Å². The van der Waals surface area contributed by atoms with Crippen molar-refractivity contribution in [3.8, 4) is 11.4 Å². The number of nitrogens with one attached hydrogen (secondary N) is 6. The number of aromatic nitrogens is 3. The lowest BCUT2D eigenvalue weighted by Gasteiger charge is -2.31. The number of primary amides is 1. The zero-order chi connectivity index (χ0) is 53.1. The van der Waals surface area contributed by atoms with Gasteiger partial charge >= 0.3 is 12.1 Å². The first-order chi connectivity index (χ1) is 34.8. The lowest BCUT2D eigenvalue weighted by atomic mass is 9.86. The van der Waals surface area contributed by atoms with Gasteiger partial charge in [0.25, 0.3) is 11.8 Å². The first-order valence-electron chi connectivity index (χ1n) is 24.4. The zero-order valence-electron chi connectivity index (χ0n) is 42.0. The van der Waals surface area contributed by atoms with Gasteiger partial charge in [0.1, 0.15) is 36.1 Å². The second-order valence-electron chi connectivity index (χ2n) is 19.1. The molecule has 73 heavy (non-hydrogen) atoms. The van der Waals surface area contributed by atoms with Crippen LogP contribution in [0.2, 0.25) is 0 Å². The van der Waals surface area contributed by atoms with E-state index in [0.717, 1.165) is 28.7 Å². The van der Waals surface area contributed by atoms with Crippen LogP contribution in [0.3, 0.4) is 0 Å². The number of amides is 8. The average Bonchev–Trinajstić information content (AvgIpc) is 3.90. The van der Waals surface area contributed by atoms with Crippen LogP contribution in [-0.2, 0) is 41.9 Å². The smallest absolute Gasteiger partial charge is 0.407 e. The van der Waals surface area contributed by atoms with Crippen molar-refractivity contribution >= 4 is 47.3 Å². The molecule has 1 aromatic heterocycles. The van der Waals surface area contributed by atoms with E-state index in [-0.39, 0.29) is 80.2 Å². The van der Waals surface area contributed by atoms with Gasteiger partial charge in [0.2, 0.25) is 17.7 Å². The van der Waals surface area contributed by atoms with E-state index in [4.69, 9.17) is 15.5 Å². The largest absolute Gasteiger partial charge is 0.445 e. The third kappa shape index (κ3) is 17.9. The highest BCUT2D eigenvalue weighted by Crippen LogP contribution is 2.34. The topological polar surface area (TPSA) is 261 Å². The van der Waals surface area contributed by atoms with Crippen molar-refractivity contribution in [1.82, 2.24) is 46.2 Å². The number of imide groups is 1. The van der Waals surface area contributed by atoms with E-state index >= 15 is 0 Å². The highest BCUT2D eigenvalue weighted by molar-refractivity contribution is 6.12. The minimum atomic E-state index is -1.06. The first kappa shape index (κ1) is 56.4. The monoisotopic (exact) mass is 1010 g/mol. The van der Waals surface area contributed by atoms with Crippen molar-refractivity contribution in [3.63, 3.8) is 0 Å². The van der Waals surface area contributed by atoms with Gasteiger partial charge in [-0.1, -0.05) is 83.5 Å². The van der Waals surface area contributed by atoms with Crippen molar-refractivity contribution in [1.29, 1.82) is 0 Å². The predicted molar refractivity (Wildman–Crippen MR) is 269 cm³/mol. The number of unbranched alkanes of at least 4 members (excludes halogenated alkanes) is 2. The van der Waals surface area contributed by atoms with Gasteiger partial charge in [0.15, 0.2) is 5.82 Å². The molecule has 8 N–H and O–H groups in total. The number of anilines is 1. The Kier molecular flexibility index (Phi) is 21.1. The van der Waals surface area contributed by atoms with Crippen molar-refractivity contribution in [2.75, 3.05) is 31.5 Å². The summed E-state index contributed by atoms with van der Waals surface area (Å²) in [6, 6.07) is 16.2. The third-order valence-electron chi connectivity index (χ3n) is 11.8. The van der Waals surface area contributed by atoms with Crippen LogP contribution in [0.5, 0.6) is 0 Å². The molecular weight excluding hydrogens is 945 g/mol. The molecule has 0 bridgehead atoms. The number of nitrogens with zero attached hydrogens (tertiary/aromatic N) is 4. The first-order valence-corrected chi connectivity index (χ1v) is 24.4. The number of hydrogen-bond donors (Lipinski definition) is 7. The summed E-state index contributed by atoms with van der Waals surface area (Å²) in [5.41, 5.74) is 6.74. The van der Waals surface area contributed by atoms with E-state index in [2.05, 4.69) is 37.0 Å². The Hall–Kier alpha value is -7.55. The summed E-state index contributed by atoms with van der Waals surface area (Å²) >= 11 is 0. The second kappa shape index (κ2) is 27.3. The number of carbonyl (C=O) groups excluding carboxylic acids is 7. The molecule has 0 saturated heterocycles. The molecule has 2 heterocycles. The van der Waals surface area contributed by atoms with Gasteiger partial charge in [-0.25, -0.2) is 28.0 Å². The molecule has 5 rings (SSSR count). The Labute approximate surface area is 423 Å². The number of halogens is 2. The van der Waals surface area contributed by atoms with Crippen LogP contribution in [0.15, 0.2) is 84.9 Å². The number of ether oxygens (including phenoxy) is 1. The molecule has 8 amide bonds. The summed E-state index contributed by atoms with van der Waals surface area (Å²) in [7, 11) is 0. The van der Waals surface area contributed by atoms with E-state index in [9.17, 15) is 42.3 Å². The summed E-state index contributed by atoms with van der Waals surface area (Å²) < 4.78 is 36.2. The molecule has 1 aliphatic heterocycles. The number of benzene rings is 3. The molecule has 0 unspecified atom stereocenters. The normalized spacial score (nSPS) is 13.6. The number of hydrogen-bond acceptors (Lipinski definition) is 11. The van der Waals surface area contributed by atoms with E-state index < -0.39 is 53.1 Å². The maximum atomic E-state index is 14.9. The maximum Gasteiger partial charge on any atom is 0.407 e. The van der Waals surface area contributed by atoms with Crippen molar-refractivity contribution in [3.05, 3.63) is 114 Å². The third-order valence-corrected chi connectivity index (χ3v) is 11.8. The van der Waals surface area contributed by atoms with E-state index in [0.29, 0.717) is 62.3 Å². The number of nitrogens with two attached hydrogens (primary N) is 1. The molecule has 392 valence electrons. The van der Waals surface area contributed by atoms with Crippen LogP contribution in [0.4, 0.5) is 24.1 Å². The molecule has 4 aromatic rings. The number of alkyl carbamates (subject to hydrolysis) is 1. The Morgan fingerprint density at radius 1 is 0.781 bits per heavy atom. The van der Waals surface area contributed by atoms with Gasteiger partial charge in [0.05, 0.1) is 18.2 Å². The molecule has 0 saturated carbocycles. The van der Waals surface area contributed by atoms with Crippen LogP contribution in [0.1, 0.15) is 103 Å². The molecule has 0 aliphatic carbocycles. The molecule has 0 radical (unpaired) electrons. The molecule has 0 fully saturated rings. The maximum absolute atomic E-state index is 14.9. The Balaban J connectivity index is 1.09. The fraction of sp³-hybridized carbons (Fsp3) is 0.442. The van der Waals surface area contributed by atoms with Gasteiger partial charge < -0.3 is 42.4 Å². The highest BCUT2D eigenvalue weighted by atomic mass is 19.1. The summed E-state index contributed by atoms with van der Waals surface area (Å²) in [6.07, 6.45) is 4.41. The Bertz CT molecular complexity index is 2550. The number of rotatable bonds is 27. The van der Waals surface area contributed by atoms with Crippen molar-refractivity contribution < 1.29 is 47.1 Å². The minimum absolute atomic E-state index is 0.0436. The van der Waals surface area contributed by atoms with E-state index in [1.165, 1.54) is 12.2 Å². The highest BCUT2D eigenvalue weighted by Gasteiger charge is 2.32. The zero-order valence-corrected chi connectivity index (χ0v) is 42.0. The molecular formula is C52H67F2N11O8. The molecule has 0 spiro atoms. The van der Waals surface area contributed by atoms with Crippen LogP contribution < -0.4 is 37.6 Å². The quantitative estimate of drug-likeness (QED) is 0.0279. The van der Waals surface area contributed by atoms with Gasteiger partial charge in [-0.15, -0.1) is 0 Å². The van der Waals surface area contributed by atoms with Crippen LogP contribution >= 0.6 is 0 Å². The summed E-state index contributed by atoms with van der Waals surface area (Å²) in [4.78, 5) is 93.4. The van der Waals surface area contributed by atoms with Gasteiger partial charge in [-0.3, -0.25) is 28.9 Å². The molecule has 1 aliphatic rings. The van der Waals surface area contributed by atoms with E-state index in [1.807, 2.05) is 51.1 Å². The van der Waals surface area contributed by atoms with Crippen LogP contribution in [0, 0.1) is 23.0 Å². The van der Waals surface area contributed by atoms with Crippen molar-refractivity contribution in [2.45, 2.75) is 111 Å². The summed E-state index contributed by atoms with van der Waals surface area (Å²) in [6.45, 7) is 11.0. The Morgan fingerprint density at radius 2 is 1.48 bits per heavy atom. The summed E-state index contributed by atoms with van der Waals surface area (Å²) in [5.74, 6) is -3.18. The molecule has 19 nitrogen and oxygen atoms in total.